The summed E-state index contributed by atoms with van der Waals surface area (Å²) in [5.74, 6) is 1.71. The molecule has 0 aromatic rings. The number of rotatable bonds is 4. The van der Waals surface area contributed by atoms with Gasteiger partial charge in [0.2, 0.25) is 0 Å². The third-order valence-electron chi connectivity index (χ3n) is 4.43. The molecule has 0 aromatic heterocycles. The van der Waals surface area contributed by atoms with Crippen molar-refractivity contribution in [3.8, 4) is 0 Å². The molecule has 1 atom stereocenters. The molecule has 2 aliphatic rings. The second-order valence-electron chi connectivity index (χ2n) is 6.00. The van der Waals surface area contributed by atoms with Crippen LogP contribution in [0.4, 0.5) is 0 Å². The minimum atomic E-state index is 0.0871. The highest BCUT2D eigenvalue weighted by Crippen LogP contribution is 2.40. The molecule has 3 heteroatoms. The van der Waals surface area contributed by atoms with Crippen LogP contribution in [0.15, 0.2) is 0 Å². The number of hydrogen-bond donors (Lipinski definition) is 0. The molecule has 0 aromatic carbocycles. The molecule has 1 aliphatic heterocycles. The highest BCUT2D eigenvalue weighted by molar-refractivity contribution is 9.09. The van der Waals surface area contributed by atoms with Crippen molar-refractivity contribution in [1.29, 1.82) is 0 Å². The highest BCUT2D eigenvalue weighted by atomic mass is 79.9. The molecule has 0 spiro atoms. The van der Waals surface area contributed by atoms with Gasteiger partial charge in [-0.1, -0.05) is 29.8 Å². The summed E-state index contributed by atoms with van der Waals surface area (Å²) in [6.45, 7) is 6.36. The van der Waals surface area contributed by atoms with Crippen LogP contribution in [0.1, 0.15) is 46.0 Å². The predicted octanol–water partition coefficient (Wildman–Crippen LogP) is 3.77. The van der Waals surface area contributed by atoms with Crippen LogP contribution in [0.2, 0.25) is 0 Å². The van der Waals surface area contributed by atoms with E-state index >= 15 is 0 Å². The molecule has 1 unspecified atom stereocenters. The maximum absolute atomic E-state index is 6.35. The number of alkyl halides is 1. The van der Waals surface area contributed by atoms with E-state index in [2.05, 4.69) is 29.8 Å². The molecule has 1 aliphatic carbocycles. The van der Waals surface area contributed by atoms with E-state index in [-0.39, 0.29) is 5.60 Å². The zero-order valence-electron chi connectivity index (χ0n) is 11.1. The van der Waals surface area contributed by atoms with Gasteiger partial charge in [0.05, 0.1) is 18.3 Å². The van der Waals surface area contributed by atoms with Crippen molar-refractivity contribution in [2.24, 2.45) is 11.8 Å². The normalized spacial score (nSPS) is 38.8. The molecule has 1 saturated carbocycles. The van der Waals surface area contributed by atoms with Gasteiger partial charge in [-0.05, 0) is 43.9 Å². The second-order valence-corrected chi connectivity index (χ2v) is 6.56. The summed E-state index contributed by atoms with van der Waals surface area (Å²) < 4.78 is 11.8. The van der Waals surface area contributed by atoms with Crippen molar-refractivity contribution in [3.63, 3.8) is 0 Å². The SMILES string of the molecule is CC(C)C1CCC(CBr)(OC2CCOC2)CC1. The van der Waals surface area contributed by atoms with Crippen LogP contribution in [-0.4, -0.2) is 30.2 Å². The average Bonchev–Trinajstić information content (AvgIpc) is 2.82. The lowest BCUT2D eigenvalue weighted by molar-refractivity contribution is -0.106. The average molecular weight is 305 g/mol. The summed E-state index contributed by atoms with van der Waals surface area (Å²) in [5.41, 5.74) is 0.0871. The predicted molar refractivity (Wildman–Crippen MR) is 73.6 cm³/mol. The topological polar surface area (TPSA) is 18.5 Å². The van der Waals surface area contributed by atoms with Crippen LogP contribution in [0, 0.1) is 11.8 Å². The minimum Gasteiger partial charge on any atom is -0.379 e. The summed E-state index contributed by atoms with van der Waals surface area (Å²) in [5, 5.41) is 0.974. The zero-order chi connectivity index (χ0) is 12.3. The van der Waals surface area contributed by atoms with Gasteiger partial charge in [0.1, 0.15) is 0 Å². The van der Waals surface area contributed by atoms with E-state index in [4.69, 9.17) is 9.47 Å². The summed E-state index contributed by atoms with van der Waals surface area (Å²) in [4.78, 5) is 0. The molecule has 1 heterocycles. The highest BCUT2D eigenvalue weighted by Gasteiger charge is 2.38. The number of ether oxygens (including phenoxy) is 2. The first-order valence-corrected chi connectivity index (χ1v) is 8.09. The molecule has 17 heavy (non-hydrogen) atoms. The summed E-state index contributed by atoms with van der Waals surface area (Å²) in [6.07, 6.45) is 6.45. The van der Waals surface area contributed by atoms with E-state index < -0.39 is 0 Å². The van der Waals surface area contributed by atoms with Crippen molar-refractivity contribution in [2.75, 3.05) is 18.5 Å². The number of halogens is 1. The van der Waals surface area contributed by atoms with Crippen LogP contribution in [0.3, 0.4) is 0 Å². The van der Waals surface area contributed by atoms with E-state index in [9.17, 15) is 0 Å². The molecule has 2 rings (SSSR count). The van der Waals surface area contributed by atoms with Gasteiger partial charge in [-0.3, -0.25) is 0 Å². The first kappa shape index (κ1) is 13.8. The zero-order valence-corrected chi connectivity index (χ0v) is 12.7. The quantitative estimate of drug-likeness (QED) is 0.736. The molecular weight excluding hydrogens is 280 g/mol. The van der Waals surface area contributed by atoms with Crippen LogP contribution in [0.5, 0.6) is 0 Å². The van der Waals surface area contributed by atoms with Gasteiger partial charge < -0.3 is 9.47 Å². The van der Waals surface area contributed by atoms with Crippen molar-refractivity contribution in [1.82, 2.24) is 0 Å². The van der Waals surface area contributed by atoms with Gasteiger partial charge in [0.15, 0.2) is 0 Å². The van der Waals surface area contributed by atoms with Crippen LogP contribution >= 0.6 is 15.9 Å². The largest absolute Gasteiger partial charge is 0.379 e. The van der Waals surface area contributed by atoms with Crippen molar-refractivity contribution >= 4 is 15.9 Å². The smallest absolute Gasteiger partial charge is 0.0838 e. The fourth-order valence-corrected chi connectivity index (χ4v) is 3.77. The molecule has 2 fully saturated rings. The van der Waals surface area contributed by atoms with Crippen LogP contribution in [-0.2, 0) is 9.47 Å². The van der Waals surface area contributed by atoms with Gasteiger partial charge in [0, 0.05) is 11.9 Å². The Morgan fingerprint density at radius 2 is 2.00 bits per heavy atom. The maximum atomic E-state index is 6.35. The van der Waals surface area contributed by atoms with E-state index in [0.29, 0.717) is 6.10 Å². The molecular formula is C14H25BrO2. The lowest BCUT2D eigenvalue weighted by Gasteiger charge is -2.41. The van der Waals surface area contributed by atoms with Gasteiger partial charge in [-0.25, -0.2) is 0 Å². The van der Waals surface area contributed by atoms with Crippen molar-refractivity contribution < 1.29 is 9.47 Å². The van der Waals surface area contributed by atoms with Crippen LogP contribution in [0.25, 0.3) is 0 Å². The van der Waals surface area contributed by atoms with Gasteiger partial charge in [-0.2, -0.15) is 0 Å². The molecule has 2 nitrogen and oxygen atoms in total. The Hall–Kier alpha value is 0.400. The fourth-order valence-electron chi connectivity index (χ4n) is 3.08. The lowest BCUT2D eigenvalue weighted by Crippen LogP contribution is -2.42. The Morgan fingerprint density at radius 1 is 1.29 bits per heavy atom. The van der Waals surface area contributed by atoms with E-state index in [1.807, 2.05) is 0 Å². The minimum absolute atomic E-state index is 0.0871. The van der Waals surface area contributed by atoms with E-state index in [1.54, 1.807) is 0 Å². The van der Waals surface area contributed by atoms with E-state index in [0.717, 1.165) is 36.8 Å². The summed E-state index contributed by atoms with van der Waals surface area (Å²) >= 11 is 3.67. The van der Waals surface area contributed by atoms with Gasteiger partial charge in [-0.15, -0.1) is 0 Å². The third-order valence-corrected chi connectivity index (χ3v) is 5.45. The van der Waals surface area contributed by atoms with Gasteiger partial charge in [0.25, 0.3) is 0 Å². The van der Waals surface area contributed by atoms with E-state index in [1.165, 1.54) is 25.7 Å². The molecule has 0 bridgehead atoms. The monoisotopic (exact) mass is 304 g/mol. The summed E-state index contributed by atoms with van der Waals surface area (Å²) in [7, 11) is 0. The molecule has 100 valence electrons. The Labute approximate surface area is 114 Å². The first-order valence-electron chi connectivity index (χ1n) is 6.97. The first-order chi connectivity index (χ1) is 8.15. The Morgan fingerprint density at radius 3 is 2.47 bits per heavy atom. The number of hydrogen-bond acceptors (Lipinski definition) is 2. The molecule has 1 saturated heterocycles. The van der Waals surface area contributed by atoms with Crippen LogP contribution < -0.4 is 0 Å². The molecule has 0 radical (unpaired) electrons. The van der Waals surface area contributed by atoms with Crippen molar-refractivity contribution in [2.45, 2.75) is 57.7 Å². The third kappa shape index (κ3) is 3.45. The summed E-state index contributed by atoms with van der Waals surface area (Å²) in [6, 6.07) is 0. The van der Waals surface area contributed by atoms with Crippen molar-refractivity contribution in [3.05, 3.63) is 0 Å². The Bertz CT molecular complexity index is 228. The molecule has 0 amide bonds. The standard InChI is InChI=1S/C14H25BrO2/c1-11(2)12-3-6-14(10-15,7-4-12)17-13-5-8-16-9-13/h11-13H,3-10H2,1-2H3. The Balaban J connectivity index is 1.88. The van der Waals surface area contributed by atoms with Gasteiger partial charge >= 0.3 is 0 Å². The fraction of sp³-hybridized carbons (Fsp3) is 1.00. The lowest BCUT2D eigenvalue weighted by atomic mass is 9.75. The maximum Gasteiger partial charge on any atom is 0.0838 e. The molecule has 0 N–H and O–H groups in total. The second kappa shape index (κ2) is 6.03. The Kier molecular flexibility index (Phi) is 4.90.